The molecule has 4 nitrogen and oxygen atoms in total. The van der Waals surface area contributed by atoms with E-state index in [0.29, 0.717) is 23.3 Å². The lowest BCUT2D eigenvalue weighted by Gasteiger charge is -2.28. The molecule has 2 saturated carbocycles. The Kier molecular flexibility index (Phi) is 3.43. The van der Waals surface area contributed by atoms with Crippen molar-refractivity contribution in [3.05, 3.63) is 48.0 Å². The van der Waals surface area contributed by atoms with Gasteiger partial charge in [-0.1, -0.05) is 6.07 Å². The summed E-state index contributed by atoms with van der Waals surface area (Å²) in [5.41, 5.74) is 1.06. The number of hydrogen-bond donors (Lipinski definition) is 0. The molecule has 0 saturated heterocycles. The Morgan fingerprint density at radius 2 is 2.09 bits per heavy atom. The molecular formula is C18H20FN3O. The first kappa shape index (κ1) is 14.4. The molecule has 1 amide bonds. The van der Waals surface area contributed by atoms with Crippen LogP contribution in [0.5, 0.6) is 0 Å². The van der Waals surface area contributed by atoms with Gasteiger partial charge in [0.2, 0.25) is 0 Å². The minimum atomic E-state index is -0.312. The van der Waals surface area contributed by atoms with Gasteiger partial charge in [0.15, 0.2) is 5.69 Å². The molecule has 2 aliphatic carbocycles. The number of rotatable bonds is 5. The molecule has 0 radical (unpaired) electrons. The Labute approximate surface area is 134 Å². The average Bonchev–Trinajstić information content (AvgIpc) is 3.46. The van der Waals surface area contributed by atoms with E-state index in [1.807, 2.05) is 4.90 Å². The van der Waals surface area contributed by atoms with Crippen molar-refractivity contribution in [3.63, 3.8) is 0 Å². The second-order valence-electron chi connectivity index (χ2n) is 6.65. The Hall–Kier alpha value is -2.17. The summed E-state index contributed by atoms with van der Waals surface area (Å²) in [4.78, 5) is 14.9. The van der Waals surface area contributed by atoms with Gasteiger partial charge in [-0.3, -0.25) is 4.79 Å². The molecule has 4 rings (SSSR count). The van der Waals surface area contributed by atoms with Gasteiger partial charge < -0.3 is 4.90 Å². The highest BCUT2D eigenvalue weighted by Gasteiger charge is 2.42. The number of amides is 1. The lowest BCUT2D eigenvalue weighted by molar-refractivity contribution is 0.0647. The lowest BCUT2D eigenvalue weighted by atomic mass is 10.1. The molecule has 0 aliphatic heterocycles. The van der Waals surface area contributed by atoms with Crippen molar-refractivity contribution in [2.24, 2.45) is 5.92 Å². The van der Waals surface area contributed by atoms with E-state index in [2.05, 4.69) is 12.0 Å². The van der Waals surface area contributed by atoms with Gasteiger partial charge in [-0.2, -0.15) is 5.10 Å². The molecule has 0 spiro atoms. The number of benzene rings is 1. The predicted octanol–water partition coefficient (Wildman–Crippen LogP) is 3.41. The highest BCUT2D eigenvalue weighted by molar-refractivity contribution is 5.93. The molecule has 1 atom stereocenters. The van der Waals surface area contributed by atoms with Crippen molar-refractivity contribution in [2.75, 3.05) is 0 Å². The summed E-state index contributed by atoms with van der Waals surface area (Å²) in [7, 11) is 0. The Bertz CT molecular complexity index is 733. The van der Waals surface area contributed by atoms with Gasteiger partial charge in [0, 0.05) is 18.3 Å². The summed E-state index contributed by atoms with van der Waals surface area (Å²) in [6.07, 6.45) is 6.33. The van der Waals surface area contributed by atoms with Gasteiger partial charge >= 0.3 is 0 Å². The molecule has 2 fully saturated rings. The van der Waals surface area contributed by atoms with E-state index in [4.69, 9.17) is 0 Å². The first-order chi connectivity index (χ1) is 11.1. The Morgan fingerprint density at radius 1 is 1.30 bits per heavy atom. The van der Waals surface area contributed by atoms with Crippen LogP contribution >= 0.6 is 0 Å². The SMILES string of the molecule is CC(C1CC1)N(C(=O)c1ccn(-c2cccc(F)c2)n1)C1CC1. The van der Waals surface area contributed by atoms with Gasteiger partial charge in [0.25, 0.3) is 5.91 Å². The number of aromatic nitrogens is 2. The topological polar surface area (TPSA) is 38.1 Å². The van der Waals surface area contributed by atoms with E-state index in [-0.39, 0.29) is 17.8 Å². The quantitative estimate of drug-likeness (QED) is 0.848. The fourth-order valence-corrected chi connectivity index (χ4v) is 3.17. The number of hydrogen-bond acceptors (Lipinski definition) is 2. The summed E-state index contributed by atoms with van der Waals surface area (Å²) < 4.78 is 14.9. The van der Waals surface area contributed by atoms with Crippen LogP contribution in [0.4, 0.5) is 4.39 Å². The largest absolute Gasteiger partial charge is 0.331 e. The summed E-state index contributed by atoms with van der Waals surface area (Å²) in [6, 6.07) is 8.60. The standard InChI is InChI=1S/C18H20FN3O/c1-12(13-5-6-13)22(15-7-8-15)18(23)17-9-10-21(20-17)16-4-2-3-14(19)11-16/h2-4,9-13,15H,5-8H2,1H3. The lowest BCUT2D eigenvalue weighted by Crippen LogP contribution is -2.41. The van der Waals surface area contributed by atoms with Crippen LogP contribution in [0.2, 0.25) is 0 Å². The summed E-state index contributed by atoms with van der Waals surface area (Å²) in [5, 5.41) is 4.37. The second kappa shape index (κ2) is 5.48. The number of carbonyl (C=O) groups is 1. The maximum atomic E-state index is 13.3. The number of halogens is 1. The highest BCUT2D eigenvalue weighted by Crippen LogP contribution is 2.40. The van der Waals surface area contributed by atoms with Gasteiger partial charge in [0.1, 0.15) is 5.82 Å². The Morgan fingerprint density at radius 3 is 2.74 bits per heavy atom. The number of carbonyl (C=O) groups excluding carboxylic acids is 1. The van der Waals surface area contributed by atoms with Crippen molar-refractivity contribution in [3.8, 4) is 5.69 Å². The van der Waals surface area contributed by atoms with Crippen molar-refractivity contribution in [1.82, 2.24) is 14.7 Å². The van der Waals surface area contributed by atoms with Crippen LogP contribution in [-0.4, -0.2) is 32.7 Å². The maximum absolute atomic E-state index is 13.3. The normalized spacial score (nSPS) is 18.7. The van der Waals surface area contributed by atoms with Gasteiger partial charge in [-0.05, 0) is 62.8 Å². The summed E-state index contributed by atoms with van der Waals surface area (Å²) >= 11 is 0. The Balaban J connectivity index is 1.58. The van der Waals surface area contributed by atoms with Crippen LogP contribution in [0, 0.1) is 11.7 Å². The first-order valence-corrected chi connectivity index (χ1v) is 8.28. The highest BCUT2D eigenvalue weighted by atomic mass is 19.1. The smallest absolute Gasteiger partial charge is 0.274 e. The molecule has 0 bridgehead atoms. The van der Waals surface area contributed by atoms with Crippen LogP contribution in [-0.2, 0) is 0 Å². The third kappa shape index (κ3) is 2.87. The van der Waals surface area contributed by atoms with E-state index < -0.39 is 0 Å². The van der Waals surface area contributed by atoms with Crippen LogP contribution in [0.25, 0.3) is 5.69 Å². The summed E-state index contributed by atoms with van der Waals surface area (Å²) in [6.45, 7) is 2.15. The molecule has 2 aliphatic rings. The van der Waals surface area contributed by atoms with Crippen LogP contribution in [0.15, 0.2) is 36.5 Å². The van der Waals surface area contributed by atoms with E-state index in [1.54, 1.807) is 29.1 Å². The zero-order valence-electron chi connectivity index (χ0n) is 13.2. The average molecular weight is 313 g/mol. The van der Waals surface area contributed by atoms with Crippen molar-refractivity contribution >= 4 is 5.91 Å². The molecule has 23 heavy (non-hydrogen) atoms. The zero-order chi connectivity index (χ0) is 16.0. The van der Waals surface area contributed by atoms with Crippen LogP contribution in [0.1, 0.15) is 43.1 Å². The second-order valence-corrected chi connectivity index (χ2v) is 6.65. The van der Waals surface area contributed by atoms with E-state index in [1.165, 1.54) is 25.0 Å². The maximum Gasteiger partial charge on any atom is 0.274 e. The molecule has 5 heteroatoms. The predicted molar refractivity (Wildman–Crippen MR) is 84.9 cm³/mol. The van der Waals surface area contributed by atoms with Gasteiger partial charge in [-0.25, -0.2) is 9.07 Å². The van der Waals surface area contributed by atoms with Crippen LogP contribution in [0.3, 0.4) is 0 Å². The molecular weight excluding hydrogens is 293 g/mol. The van der Waals surface area contributed by atoms with E-state index in [0.717, 1.165) is 12.8 Å². The fourth-order valence-electron chi connectivity index (χ4n) is 3.17. The van der Waals surface area contributed by atoms with E-state index in [9.17, 15) is 9.18 Å². The third-order valence-corrected chi connectivity index (χ3v) is 4.80. The van der Waals surface area contributed by atoms with Crippen molar-refractivity contribution < 1.29 is 9.18 Å². The van der Waals surface area contributed by atoms with E-state index >= 15 is 0 Å². The van der Waals surface area contributed by atoms with Gasteiger partial charge in [-0.15, -0.1) is 0 Å². The van der Waals surface area contributed by atoms with Gasteiger partial charge in [0.05, 0.1) is 5.69 Å². The molecule has 2 aromatic rings. The fraction of sp³-hybridized carbons (Fsp3) is 0.444. The molecule has 1 aromatic heterocycles. The molecule has 1 aromatic carbocycles. The van der Waals surface area contributed by atoms with Crippen LogP contribution < -0.4 is 0 Å². The first-order valence-electron chi connectivity index (χ1n) is 8.28. The summed E-state index contributed by atoms with van der Waals surface area (Å²) in [5.74, 6) is 0.333. The minimum Gasteiger partial charge on any atom is -0.331 e. The molecule has 0 N–H and O–H groups in total. The molecule has 1 unspecified atom stereocenters. The molecule has 120 valence electrons. The third-order valence-electron chi connectivity index (χ3n) is 4.80. The van der Waals surface area contributed by atoms with Crippen molar-refractivity contribution in [1.29, 1.82) is 0 Å². The van der Waals surface area contributed by atoms with Crippen molar-refractivity contribution in [2.45, 2.75) is 44.7 Å². The monoisotopic (exact) mass is 313 g/mol. The minimum absolute atomic E-state index is 0.00190. The zero-order valence-corrected chi connectivity index (χ0v) is 13.2. The number of nitrogens with zero attached hydrogens (tertiary/aromatic N) is 3. The molecule has 1 heterocycles.